The zero-order valence-electron chi connectivity index (χ0n) is 12.1. The fraction of sp³-hybridized carbons (Fsp3) is 0.375. The van der Waals surface area contributed by atoms with Gasteiger partial charge in [0.2, 0.25) is 5.91 Å². The SMILES string of the molecule is Nc1ccc2c(c1)C1(CCOCC1)C(=O)N2Cc1nccs1. The van der Waals surface area contributed by atoms with Crippen LogP contribution in [0.2, 0.25) is 0 Å². The Kier molecular flexibility index (Phi) is 3.16. The Morgan fingerprint density at radius 2 is 2.18 bits per heavy atom. The van der Waals surface area contributed by atoms with E-state index in [0.717, 1.165) is 29.1 Å². The fourth-order valence-electron chi connectivity index (χ4n) is 3.48. The molecular formula is C16H17N3O2S. The van der Waals surface area contributed by atoms with Crippen molar-refractivity contribution in [1.82, 2.24) is 4.98 Å². The van der Waals surface area contributed by atoms with Crippen LogP contribution in [-0.2, 0) is 21.5 Å². The Labute approximate surface area is 132 Å². The van der Waals surface area contributed by atoms with Gasteiger partial charge in [0.1, 0.15) is 5.01 Å². The van der Waals surface area contributed by atoms with Gasteiger partial charge in [0.25, 0.3) is 0 Å². The average molecular weight is 315 g/mol. The Balaban J connectivity index is 1.80. The Bertz CT molecular complexity index is 708. The van der Waals surface area contributed by atoms with E-state index in [4.69, 9.17) is 10.5 Å². The first-order valence-corrected chi connectivity index (χ1v) is 8.27. The molecule has 2 aliphatic heterocycles. The first-order valence-electron chi connectivity index (χ1n) is 7.39. The quantitative estimate of drug-likeness (QED) is 0.864. The number of hydrogen-bond donors (Lipinski definition) is 1. The van der Waals surface area contributed by atoms with Crippen LogP contribution in [0.25, 0.3) is 0 Å². The van der Waals surface area contributed by atoms with Crippen LogP contribution in [0.4, 0.5) is 11.4 Å². The molecule has 3 heterocycles. The number of hydrogen-bond acceptors (Lipinski definition) is 5. The molecule has 1 aromatic carbocycles. The molecule has 0 radical (unpaired) electrons. The maximum atomic E-state index is 13.2. The number of benzene rings is 1. The number of nitrogens with two attached hydrogens (primary N) is 1. The number of nitrogens with zero attached hydrogens (tertiary/aromatic N) is 2. The second-order valence-electron chi connectivity index (χ2n) is 5.79. The van der Waals surface area contributed by atoms with E-state index in [1.54, 1.807) is 17.5 Å². The van der Waals surface area contributed by atoms with Crippen LogP contribution in [0.5, 0.6) is 0 Å². The van der Waals surface area contributed by atoms with E-state index >= 15 is 0 Å². The van der Waals surface area contributed by atoms with E-state index in [2.05, 4.69) is 4.98 Å². The molecule has 5 nitrogen and oxygen atoms in total. The molecule has 4 rings (SSSR count). The van der Waals surface area contributed by atoms with Crippen LogP contribution in [0.3, 0.4) is 0 Å². The smallest absolute Gasteiger partial charge is 0.238 e. The summed E-state index contributed by atoms with van der Waals surface area (Å²) in [6.45, 7) is 1.76. The molecule has 1 aromatic heterocycles. The summed E-state index contributed by atoms with van der Waals surface area (Å²) >= 11 is 1.57. The molecule has 0 aliphatic carbocycles. The fourth-order valence-corrected chi connectivity index (χ4v) is 4.09. The highest BCUT2D eigenvalue weighted by Gasteiger charge is 2.51. The maximum absolute atomic E-state index is 13.2. The van der Waals surface area contributed by atoms with E-state index in [-0.39, 0.29) is 5.91 Å². The summed E-state index contributed by atoms with van der Waals surface area (Å²) in [5, 5.41) is 2.88. The standard InChI is InChI=1S/C16H17N3O2S/c17-11-1-2-13-12(9-11)16(3-6-21-7-4-16)15(20)19(13)10-14-18-5-8-22-14/h1-2,5,8-9H,3-4,6-7,10,17H2. The second kappa shape index (κ2) is 5.07. The Morgan fingerprint density at radius 1 is 1.36 bits per heavy atom. The molecule has 0 atom stereocenters. The van der Waals surface area contributed by atoms with Crippen molar-refractivity contribution >= 4 is 28.6 Å². The lowest BCUT2D eigenvalue weighted by atomic mass is 9.75. The van der Waals surface area contributed by atoms with Crippen LogP contribution in [0, 0.1) is 0 Å². The zero-order valence-corrected chi connectivity index (χ0v) is 12.9. The predicted octanol–water partition coefficient (Wildman–Crippen LogP) is 2.32. The number of carbonyl (C=O) groups is 1. The summed E-state index contributed by atoms with van der Waals surface area (Å²) < 4.78 is 5.48. The second-order valence-corrected chi connectivity index (χ2v) is 6.77. The summed E-state index contributed by atoms with van der Waals surface area (Å²) in [5.74, 6) is 0.159. The number of rotatable bonds is 2. The molecule has 2 aromatic rings. The lowest BCUT2D eigenvalue weighted by molar-refractivity contribution is -0.126. The normalized spacial score (nSPS) is 19.6. The van der Waals surface area contributed by atoms with Crippen molar-refractivity contribution in [3.8, 4) is 0 Å². The zero-order chi connectivity index (χ0) is 15.2. The first-order chi connectivity index (χ1) is 10.7. The molecule has 1 saturated heterocycles. The van der Waals surface area contributed by atoms with Gasteiger partial charge in [-0.3, -0.25) is 4.79 Å². The lowest BCUT2D eigenvalue weighted by Gasteiger charge is -2.32. The van der Waals surface area contributed by atoms with Gasteiger partial charge in [-0.25, -0.2) is 4.98 Å². The highest BCUT2D eigenvalue weighted by atomic mass is 32.1. The van der Waals surface area contributed by atoms with Gasteiger partial charge in [0.05, 0.1) is 12.0 Å². The van der Waals surface area contributed by atoms with Gasteiger partial charge >= 0.3 is 0 Å². The number of fused-ring (bicyclic) bond motifs is 2. The molecule has 1 spiro atoms. The molecule has 6 heteroatoms. The van der Waals surface area contributed by atoms with E-state index < -0.39 is 5.41 Å². The third kappa shape index (κ3) is 1.94. The van der Waals surface area contributed by atoms with Crippen LogP contribution >= 0.6 is 11.3 Å². The van der Waals surface area contributed by atoms with Gasteiger partial charge in [0.15, 0.2) is 0 Å². The number of ether oxygens (including phenoxy) is 1. The van der Waals surface area contributed by atoms with Crippen molar-refractivity contribution in [2.24, 2.45) is 0 Å². The van der Waals surface area contributed by atoms with Gasteiger partial charge in [-0.05, 0) is 36.6 Å². The summed E-state index contributed by atoms with van der Waals surface area (Å²) in [6.07, 6.45) is 3.21. The van der Waals surface area contributed by atoms with Gasteiger partial charge in [0, 0.05) is 36.2 Å². The average Bonchev–Trinajstić information content (AvgIpc) is 3.12. The summed E-state index contributed by atoms with van der Waals surface area (Å²) in [5.41, 5.74) is 8.23. The molecular weight excluding hydrogens is 298 g/mol. The minimum atomic E-state index is -0.472. The van der Waals surface area contributed by atoms with Crippen LogP contribution in [0.15, 0.2) is 29.8 Å². The van der Waals surface area contributed by atoms with Crippen molar-refractivity contribution in [2.75, 3.05) is 23.8 Å². The number of anilines is 2. The predicted molar refractivity (Wildman–Crippen MR) is 85.9 cm³/mol. The van der Waals surface area contributed by atoms with Gasteiger partial charge in [-0.15, -0.1) is 11.3 Å². The number of carbonyl (C=O) groups excluding carboxylic acids is 1. The highest BCUT2D eigenvalue weighted by molar-refractivity contribution is 7.09. The van der Waals surface area contributed by atoms with Crippen LogP contribution in [0.1, 0.15) is 23.4 Å². The first kappa shape index (κ1) is 13.7. The molecule has 114 valence electrons. The van der Waals surface area contributed by atoms with E-state index in [0.29, 0.717) is 25.4 Å². The Morgan fingerprint density at radius 3 is 2.91 bits per heavy atom. The van der Waals surface area contributed by atoms with Gasteiger partial charge < -0.3 is 15.4 Å². The van der Waals surface area contributed by atoms with E-state index in [1.807, 2.05) is 28.5 Å². The monoisotopic (exact) mass is 315 g/mol. The third-order valence-corrected chi connectivity index (χ3v) is 5.37. The largest absolute Gasteiger partial charge is 0.399 e. The van der Waals surface area contributed by atoms with E-state index in [1.165, 1.54) is 0 Å². The van der Waals surface area contributed by atoms with Gasteiger partial charge in [-0.1, -0.05) is 0 Å². The highest BCUT2D eigenvalue weighted by Crippen LogP contribution is 2.48. The molecule has 0 unspecified atom stereocenters. The molecule has 2 N–H and O–H groups in total. The minimum Gasteiger partial charge on any atom is -0.399 e. The van der Waals surface area contributed by atoms with Crippen molar-refractivity contribution < 1.29 is 9.53 Å². The number of aromatic nitrogens is 1. The molecule has 2 aliphatic rings. The van der Waals surface area contributed by atoms with Crippen LogP contribution < -0.4 is 10.6 Å². The van der Waals surface area contributed by atoms with Gasteiger partial charge in [-0.2, -0.15) is 0 Å². The minimum absolute atomic E-state index is 0.159. The molecule has 1 amide bonds. The topological polar surface area (TPSA) is 68.5 Å². The molecule has 1 fully saturated rings. The number of nitrogen functional groups attached to an aromatic ring is 1. The molecule has 0 bridgehead atoms. The van der Waals surface area contributed by atoms with Crippen molar-refractivity contribution in [1.29, 1.82) is 0 Å². The van der Waals surface area contributed by atoms with E-state index in [9.17, 15) is 4.79 Å². The van der Waals surface area contributed by atoms with Crippen molar-refractivity contribution in [3.63, 3.8) is 0 Å². The summed E-state index contributed by atoms with van der Waals surface area (Å²) in [4.78, 5) is 19.4. The molecule has 0 saturated carbocycles. The Hall–Kier alpha value is -1.92. The number of amides is 1. The summed E-state index contributed by atoms with van der Waals surface area (Å²) in [6, 6.07) is 5.78. The lowest BCUT2D eigenvalue weighted by Crippen LogP contribution is -2.43. The van der Waals surface area contributed by atoms with Crippen LogP contribution in [-0.4, -0.2) is 24.1 Å². The van der Waals surface area contributed by atoms with Crippen molar-refractivity contribution in [3.05, 3.63) is 40.3 Å². The molecule has 22 heavy (non-hydrogen) atoms. The third-order valence-electron chi connectivity index (χ3n) is 4.60. The number of thiazole rings is 1. The maximum Gasteiger partial charge on any atom is 0.238 e. The summed E-state index contributed by atoms with van der Waals surface area (Å²) in [7, 11) is 0. The van der Waals surface area contributed by atoms with Crippen molar-refractivity contribution in [2.45, 2.75) is 24.8 Å².